The fraction of sp³-hybridized carbons (Fsp3) is 0.267. The van der Waals surface area contributed by atoms with Gasteiger partial charge in [0.15, 0.2) is 0 Å². The Morgan fingerprint density at radius 3 is 2.78 bits per heavy atom. The molecule has 0 atom stereocenters. The topological polar surface area (TPSA) is 88.0 Å². The molecule has 6 nitrogen and oxygen atoms in total. The van der Waals surface area contributed by atoms with E-state index >= 15 is 0 Å². The first kappa shape index (κ1) is 15.3. The maximum absolute atomic E-state index is 14.3. The Labute approximate surface area is 134 Å². The average molecular weight is 336 g/mol. The van der Waals surface area contributed by atoms with Crippen molar-refractivity contribution in [2.75, 3.05) is 0 Å². The lowest BCUT2D eigenvalue weighted by molar-refractivity contribution is 0.0697. The minimum atomic E-state index is -1.34. The molecule has 1 aromatic heterocycles. The average Bonchev–Trinajstić information content (AvgIpc) is 2.80. The minimum absolute atomic E-state index is 0.0345. The number of aromatic nitrogens is 2. The number of carbonyl (C=O) groups is 1. The maximum atomic E-state index is 14.3. The second kappa shape index (κ2) is 5.56. The zero-order valence-corrected chi connectivity index (χ0v) is 12.6. The highest BCUT2D eigenvalue weighted by molar-refractivity contribution is 6.33. The molecule has 1 N–H and O–H groups in total. The van der Waals surface area contributed by atoms with E-state index in [1.54, 1.807) is 0 Å². The van der Waals surface area contributed by atoms with E-state index in [1.807, 2.05) is 6.07 Å². The van der Waals surface area contributed by atoms with Crippen molar-refractivity contribution in [2.24, 2.45) is 0 Å². The molecule has 23 heavy (non-hydrogen) atoms. The Morgan fingerprint density at radius 2 is 2.13 bits per heavy atom. The first-order valence-corrected chi connectivity index (χ1v) is 7.30. The van der Waals surface area contributed by atoms with Crippen LogP contribution in [0.2, 0.25) is 5.02 Å². The van der Waals surface area contributed by atoms with Crippen LogP contribution in [-0.4, -0.2) is 20.2 Å². The van der Waals surface area contributed by atoms with E-state index in [2.05, 4.69) is 0 Å². The van der Waals surface area contributed by atoms with Crippen molar-refractivity contribution in [2.45, 2.75) is 25.8 Å². The molecule has 118 valence electrons. The van der Waals surface area contributed by atoms with Gasteiger partial charge in [0.2, 0.25) is 0 Å². The molecule has 0 saturated heterocycles. The molecule has 0 bridgehead atoms. The normalized spacial score (nSPS) is 13.4. The van der Waals surface area contributed by atoms with Crippen molar-refractivity contribution in [1.29, 1.82) is 5.26 Å². The zero-order valence-electron chi connectivity index (χ0n) is 11.8. The number of carboxylic acids is 1. The van der Waals surface area contributed by atoms with Gasteiger partial charge in [-0.3, -0.25) is 4.57 Å². The van der Waals surface area contributed by atoms with Crippen LogP contribution in [0.4, 0.5) is 4.39 Å². The highest BCUT2D eigenvalue weighted by atomic mass is 35.5. The predicted molar refractivity (Wildman–Crippen MR) is 79.6 cm³/mol. The van der Waals surface area contributed by atoms with Crippen molar-refractivity contribution in [1.82, 2.24) is 9.13 Å². The van der Waals surface area contributed by atoms with Gasteiger partial charge in [-0.15, -0.1) is 0 Å². The number of fused-ring (bicyclic) bond motifs is 1. The van der Waals surface area contributed by atoms with E-state index in [4.69, 9.17) is 16.7 Å². The van der Waals surface area contributed by atoms with Crippen molar-refractivity contribution in [3.05, 3.63) is 50.4 Å². The molecule has 0 radical (unpaired) electrons. The molecule has 0 fully saturated rings. The van der Waals surface area contributed by atoms with E-state index in [0.29, 0.717) is 18.7 Å². The Morgan fingerprint density at radius 1 is 1.39 bits per heavy atom. The fourth-order valence-corrected chi connectivity index (χ4v) is 3.08. The molecule has 2 heterocycles. The summed E-state index contributed by atoms with van der Waals surface area (Å²) in [7, 11) is 0. The Hall–Kier alpha value is -2.59. The lowest BCUT2D eigenvalue weighted by Gasteiger charge is -2.12. The van der Waals surface area contributed by atoms with Crippen molar-refractivity contribution in [3.63, 3.8) is 0 Å². The van der Waals surface area contributed by atoms with Gasteiger partial charge in [0.25, 0.3) is 0 Å². The largest absolute Gasteiger partial charge is 0.478 e. The SMILES string of the molecule is N#Cc1c2n(c(=O)n1-c1cc(C(=O)O)c(Cl)cc1F)CCCC2. The molecule has 0 aliphatic carbocycles. The third-order valence-corrected chi connectivity index (χ3v) is 4.22. The zero-order chi connectivity index (χ0) is 16.7. The first-order valence-electron chi connectivity index (χ1n) is 6.93. The third kappa shape index (κ3) is 2.32. The van der Waals surface area contributed by atoms with Crippen LogP contribution >= 0.6 is 11.6 Å². The van der Waals surface area contributed by atoms with Crippen LogP contribution in [0, 0.1) is 17.1 Å². The summed E-state index contributed by atoms with van der Waals surface area (Å²) in [6, 6.07) is 3.75. The second-order valence-corrected chi connectivity index (χ2v) is 5.63. The van der Waals surface area contributed by atoms with Gasteiger partial charge < -0.3 is 5.11 Å². The molecule has 1 aliphatic heterocycles. The molecule has 3 rings (SSSR count). The van der Waals surface area contributed by atoms with Crippen LogP contribution in [0.3, 0.4) is 0 Å². The molecule has 1 aliphatic rings. The second-order valence-electron chi connectivity index (χ2n) is 5.22. The monoisotopic (exact) mass is 335 g/mol. The number of carboxylic acid groups (broad SMARTS) is 1. The molecular weight excluding hydrogens is 325 g/mol. The van der Waals surface area contributed by atoms with Gasteiger partial charge in [-0.05, 0) is 31.4 Å². The number of hydrogen-bond donors (Lipinski definition) is 1. The number of rotatable bonds is 2. The summed E-state index contributed by atoms with van der Waals surface area (Å²) in [5, 5.41) is 18.2. The molecule has 2 aromatic rings. The number of hydrogen-bond acceptors (Lipinski definition) is 3. The lowest BCUT2D eigenvalue weighted by Crippen LogP contribution is -2.26. The van der Waals surface area contributed by atoms with Crippen molar-refractivity contribution in [3.8, 4) is 11.8 Å². The molecule has 0 unspecified atom stereocenters. The molecule has 0 saturated carbocycles. The first-order chi connectivity index (χ1) is 11.0. The van der Waals surface area contributed by atoms with Crippen LogP contribution in [0.15, 0.2) is 16.9 Å². The summed E-state index contributed by atoms with van der Waals surface area (Å²) >= 11 is 5.72. The van der Waals surface area contributed by atoms with E-state index in [9.17, 15) is 19.2 Å². The highest BCUT2D eigenvalue weighted by Gasteiger charge is 2.25. The van der Waals surface area contributed by atoms with Crippen molar-refractivity contribution >= 4 is 17.6 Å². The van der Waals surface area contributed by atoms with Crippen LogP contribution in [0.25, 0.3) is 5.69 Å². The summed E-state index contributed by atoms with van der Waals surface area (Å²) in [6.07, 6.45) is 2.18. The van der Waals surface area contributed by atoms with Gasteiger partial charge in [0, 0.05) is 6.54 Å². The summed E-state index contributed by atoms with van der Waals surface area (Å²) in [5.41, 5.74) is -0.575. The standard InChI is InChI=1S/C15H11ClFN3O3/c16-9-6-10(17)12(5-8(9)14(21)22)20-13(7-18)11-3-1-2-4-19(11)15(20)23/h5-6H,1-4H2,(H,21,22). The van der Waals surface area contributed by atoms with Crippen LogP contribution < -0.4 is 5.69 Å². The Bertz CT molecular complexity index is 924. The summed E-state index contributed by atoms with van der Waals surface area (Å²) in [4.78, 5) is 23.7. The maximum Gasteiger partial charge on any atom is 0.337 e. The lowest BCUT2D eigenvalue weighted by atomic mass is 10.1. The third-order valence-electron chi connectivity index (χ3n) is 3.90. The Kier molecular flexibility index (Phi) is 3.70. The van der Waals surface area contributed by atoms with E-state index < -0.39 is 17.5 Å². The van der Waals surface area contributed by atoms with E-state index in [1.165, 1.54) is 4.57 Å². The van der Waals surface area contributed by atoms with Gasteiger partial charge in [0.1, 0.15) is 17.6 Å². The van der Waals surface area contributed by atoms with Crippen LogP contribution in [-0.2, 0) is 13.0 Å². The highest BCUT2D eigenvalue weighted by Crippen LogP contribution is 2.26. The summed E-state index contributed by atoms with van der Waals surface area (Å²) < 4.78 is 16.7. The summed E-state index contributed by atoms with van der Waals surface area (Å²) in [6.45, 7) is 0.455. The molecular formula is C15H11ClFN3O3. The molecule has 1 aromatic carbocycles. The number of aromatic carboxylic acids is 1. The summed E-state index contributed by atoms with van der Waals surface area (Å²) in [5.74, 6) is -2.20. The van der Waals surface area contributed by atoms with E-state index in [0.717, 1.165) is 29.5 Å². The molecule has 0 spiro atoms. The van der Waals surface area contributed by atoms with Crippen LogP contribution in [0.5, 0.6) is 0 Å². The van der Waals surface area contributed by atoms with Gasteiger partial charge in [-0.1, -0.05) is 11.6 Å². The predicted octanol–water partition coefficient (Wildman–Crippen LogP) is 2.34. The van der Waals surface area contributed by atoms with Gasteiger partial charge >= 0.3 is 11.7 Å². The van der Waals surface area contributed by atoms with Gasteiger partial charge in [-0.25, -0.2) is 18.5 Å². The number of halogens is 2. The number of nitriles is 1. The Balaban J connectivity index is 2.34. The van der Waals surface area contributed by atoms with Gasteiger partial charge in [0.05, 0.1) is 22.0 Å². The van der Waals surface area contributed by atoms with Gasteiger partial charge in [-0.2, -0.15) is 5.26 Å². The number of benzene rings is 1. The number of imidazole rings is 1. The fourth-order valence-electron chi connectivity index (χ4n) is 2.85. The van der Waals surface area contributed by atoms with Crippen molar-refractivity contribution < 1.29 is 14.3 Å². The quantitative estimate of drug-likeness (QED) is 0.912. The molecule has 8 heteroatoms. The number of nitrogens with zero attached hydrogens (tertiary/aromatic N) is 3. The smallest absolute Gasteiger partial charge is 0.337 e. The minimum Gasteiger partial charge on any atom is -0.478 e. The van der Waals surface area contributed by atoms with E-state index in [-0.39, 0.29) is 22.0 Å². The van der Waals surface area contributed by atoms with Crippen LogP contribution in [0.1, 0.15) is 34.6 Å². The molecule has 0 amide bonds.